The molecule has 1 aromatic carbocycles. The van der Waals surface area contributed by atoms with Gasteiger partial charge < -0.3 is 4.90 Å². The van der Waals surface area contributed by atoms with E-state index in [1.807, 2.05) is 31.2 Å². The lowest BCUT2D eigenvalue weighted by atomic mass is 10.0. The minimum absolute atomic E-state index is 0.101. The number of hydrogen-bond acceptors (Lipinski definition) is 3. The zero-order valence-electron chi connectivity index (χ0n) is 15.8. The monoisotopic (exact) mass is 372 g/mol. The molecule has 0 N–H and O–H groups in total. The Morgan fingerprint density at radius 2 is 2.07 bits per heavy atom. The summed E-state index contributed by atoms with van der Waals surface area (Å²) in [5, 5.41) is 4.48. The van der Waals surface area contributed by atoms with Crippen LogP contribution in [0.15, 0.2) is 29.1 Å². The van der Waals surface area contributed by atoms with Crippen molar-refractivity contribution in [2.75, 3.05) is 13.1 Å². The van der Waals surface area contributed by atoms with E-state index in [0.29, 0.717) is 38.2 Å². The third kappa shape index (κ3) is 3.42. The van der Waals surface area contributed by atoms with E-state index in [4.69, 9.17) is 0 Å². The van der Waals surface area contributed by atoms with Gasteiger partial charge in [0, 0.05) is 19.4 Å². The number of carbonyl (C=O) groups excluding carboxylic acids is 1. The van der Waals surface area contributed by atoms with Crippen molar-refractivity contribution >= 4 is 5.91 Å². The normalized spacial score (nSPS) is 24.9. The van der Waals surface area contributed by atoms with Crippen molar-refractivity contribution in [3.05, 3.63) is 51.7 Å². The molecule has 27 heavy (non-hydrogen) atoms. The molecule has 144 valence electrons. The van der Waals surface area contributed by atoms with Gasteiger partial charge in [-0.2, -0.15) is 5.10 Å². The lowest BCUT2D eigenvalue weighted by Crippen LogP contribution is -2.42. The number of carbonyl (C=O) groups is 1. The smallest absolute Gasteiger partial charge is 0.338 e. The fourth-order valence-corrected chi connectivity index (χ4v) is 4.06. The first-order valence-electron chi connectivity index (χ1n) is 9.55. The van der Waals surface area contributed by atoms with Crippen molar-refractivity contribution in [1.82, 2.24) is 19.2 Å². The fourth-order valence-electron chi connectivity index (χ4n) is 4.06. The Morgan fingerprint density at radius 3 is 2.74 bits per heavy atom. The lowest BCUT2D eigenvalue weighted by Gasteiger charge is -2.27. The molecule has 0 unspecified atom stereocenters. The Bertz CT molecular complexity index is 913. The molecular weight excluding hydrogens is 347 g/mol. The van der Waals surface area contributed by atoms with Crippen molar-refractivity contribution in [3.63, 3.8) is 0 Å². The maximum absolute atomic E-state index is 14.2. The van der Waals surface area contributed by atoms with E-state index < -0.39 is 11.7 Å². The molecule has 2 aliphatic heterocycles. The molecule has 0 radical (unpaired) electrons. The van der Waals surface area contributed by atoms with Gasteiger partial charge in [-0.3, -0.25) is 9.36 Å². The average molecular weight is 372 g/mol. The Balaban J connectivity index is 1.61. The van der Waals surface area contributed by atoms with Crippen LogP contribution < -0.4 is 5.69 Å². The van der Waals surface area contributed by atoms with Crippen LogP contribution in [0.4, 0.5) is 4.39 Å². The van der Waals surface area contributed by atoms with Crippen LogP contribution >= 0.6 is 0 Å². The molecule has 1 saturated heterocycles. The van der Waals surface area contributed by atoms with Crippen LogP contribution in [0.1, 0.15) is 49.2 Å². The average Bonchev–Trinajstić information content (AvgIpc) is 3.16. The SMILES string of the molecule is Cc1ccc(Cn2nc3n(c2=O)[C@H](C(=O)N2CC[C@](C)(F)C2)CCC3)cc1. The van der Waals surface area contributed by atoms with Gasteiger partial charge in [0.2, 0.25) is 5.91 Å². The van der Waals surface area contributed by atoms with E-state index in [1.54, 1.807) is 4.90 Å². The van der Waals surface area contributed by atoms with Gasteiger partial charge in [0.15, 0.2) is 0 Å². The van der Waals surface area contributed by atoms with Gasteiger partial charge >= 0.3 is 5.69 Å². The standard InChI is InChI=1S/C20H25FN4O2/c1-14-6-8-15(9-7-14)12-24-19(27)25-16(4-3-5-17(25)22-24)18(26)23-11-10-20(2,21)13-23/h6-9,16H,3-5,10-13H2,1-2H3/t16-,20-/m0/s1. The quantitative estimate of drug-likeness (QED) is 0.830. The molecule has 4 rings (SSSR count). The van der Waals surface area contributed by atoms with E-state index in [0.717, 1.165) is 17.5 Å². The molecule has 7 heteroatoms. The van der Waals surface area contributed by atoms with E-state index >= 15 is 0 Å². The van der Waals surface area contributed by atoms with Gasteiger partial charge in [-0.25, -0.2) is 13.9 Å². The van der Waals surface area contributed by atoms with Crippen molar-refractivity contribution < 1.29 is 9.18 Å². The van der Waals surface area contributed by atoms with E-state index in [-0.39, 0.29) is 18.1 Å². The van der Waals surface area contributed by atoms with Gasteiger partial charge in [0.1, 0.15) is 17.5 Å². The van der Waals surface area contributed by atoms with Crippen molar-refractivity contribution in [2.24, 2.45) is 0 Å². The molecule has 6 nitrogen and oxygen atoms in total. The zero-order chi connectivity index (χ0) is 19.2. The van der Waals surface area contributed by atoms with Gasteiger partial charge in [-0.15, -0.1) is 0 Å². The summed E-state index contributed by atoms with van der Waals surface area (Å²) in [4.78, 5) is 27.5. The van der Waals surface area contributed by atoms with Gasteiger partial charge in [-0.05, 0) is 32.3 Å². The summed E-state index contributed by atoms with van der Waals surface area (Å²) < 4.78 is 17.1. The molecule has 2 aliphatic rings. The molecule has 0 aliphatic carbocycles. The van der Waals surface area contributed by atoms with Crippen LogP contribution in [0.2, 0.25) is 0 Å². The van der Waals surface area contributed by atoms with Crippen molar-refractivity contribution in [2.45, 2.75) is 57.8 Å². The number of hydrogen-bond donors (Lipinski definition) is 0. The first-order chi connectivity index (χ1) is 12.8. The molecule has 0 spiro atoms. The summed E-state index contributed by atoms with van der Waals surface area (Å²) in [7, 11) is 0. The van der Waals surface area contributed by atoms with E-state index in [9.17, 15) is 14.0 Å². The van der Waals surface area contributed by atoms with Crippen molar-refractivity contribution in [3.8, 4) is 0 Å². The maximum atomic E-state index is 14.2. The molecule has 1 aromatic heterocycles. The van der Waals surface area contributed by atoms with Gasteiger partial charge in [0.25, 0.3) is 0 Å². The van der Waals surface area contributed by atoms with Crippen LogP contribution in [0.3, 0.4) is 0 Å². The first-order valence-corrected chi connectivity index (χ1v) is 9.55. The fraction of sp³-hybridized carbons (Fsp3) is 0.550. The molecule has 1 fully saturated rings. The predicted molar refractivity (Wildman–Crippen MR) is 99.5 cm³/mol. The highest BCUT2D eigenvalue weighted by Gasteiger charge is 2.40. The predicted octanol–water partition coefficient (Wildman–Crippen LogP) is 2.24. The molecule has 0 bridgehead atoms. The van der Waals surface area contributed by atoms with E-state index in [2.05, 4.69) is 5.10 Å². The summed E-state index contributed by atoms with van der Waals surface area (Å²) in [5.74, 6) is 0.494. The number of halogens is 1. The highest BCUT2D eigenvalue weighted by molar-refractivity contribution is 5.81. The molecule has 3 heterocycles. The number of likely N-dealkylation sites (tertiary alicyclic amines) is 1. The van der Waals surface area contributed by atoms with E-state index in [1.165, 1.54) is 16.2 Å². The summed E-state index contributed by atoms with van der Waals surface area (Å²) in [6, 6.07) is 7.40. The highest BCUT2D eigenvalue weighted by Crippen LogP contribution is 2.30. The Labute approximate surface area is 157 Å². The minimum atomic E-state index is -1.34. The topological polar surface area (TPSA) is 60.1 Å². The van der Waals surface area contributed by atoms with Gasteiger partial charge in [-0.1, -0.05) is 29.8 Å². The number of amides is 1. The van der Waals surface area contributed by atoms with Crippen molar-refractivity contribution in [1.29, 1.82) is 0 Å². The number of aryl methyl sites for hydroxylation is 2. The lowest BCUT2D eigenvalue weighted by molar-refractivity contribution is -0.134. The third-order valence-corrected chi connectivity index (χ3v) is 5.60. The number of rotatable bonds is 3. The Hall–Kier alpha value is -2.44. The van der Waals surface area contributed by atoms with Crippen LogP contribution in [-0.2, 0) is 17.8 Å². The summed E-state index contributed by atoms with van der Waals surface area (Å²) in [6.07, 6.45) is 2.43. The summed E-state index contributed by atoms with van der Waals surface area (Å²) in [5.41, 5.74) is 0.555. The molecule has 2 aromatic rings. The second-order valence-corrected chi connectivity index (χ2v) is 8.04. The largest absolute Gasteiger partial charge is 0.346 e. The second kappa shape index (κ2) is 6.62. The minimum Gasteiger partial charge on any atom is -0.338 e. The summed E-state index contributed by atoms with van der Waals surface area (Å²) >= 11 is 0. The molecule has 0 saturated carbocycles. The number of nitrogens with zero attached hydrogens (tertiary/aromatic N) is 4. The second-order valence-electron chi connectivity index (χ2n) is 8.04. The Morgan fingerprint density at radius 1 is 1.33 bits per heavy atom. The third-order valence-electron chi connectivity index (χ3n) is 5.60. The molecule has 2 atom stereocenters. The van der Waals surface area contributed by atoms with Crippen LogP contribution in [-0.4, -0.2) is 43.9 Å². The highest BCUT2D eigenvalue weighted by atomic mass is 19.1. The van der Waals surface area contributed by atoms with Crippen LogP contribution in [0, 0.1) is 6.92 Å². The van der Waals surface area contributed by atoms with Crippen LogP contribution in [0.5, 0.6) is 0 Å². The molecule has 1 amide bonds. The van der Waals surface area contributed by atoms with Gasteiger partial charge in [0.05, 0.1) is 13.1 Å². The number of aromatic nitrogens is 3. The number of fused-ring (bicyclic) bond motifs is 1. The zero-order valence-corrected chi connectivity index (χ0v) is 15.8. The first kappa shape index (κ1) is 17.9. The number of benzene rings is 1. The molecular formula is C20H25FN4O2. The Kier molecular flexibility index (Phi) is 4.40. The van der Waals surface area contributed by atoms with Crippen LogP contribution in [0.25, 0.3) is 0 Å². The number of alkyl halides is 1. The summed E-state index contributed by atoms with van der Waals surface area (Å²) in [6.45, 7) is 4.43. The maximum Gasteiger partial charge on any atom is 0.346 e.